The lowest BCUT2D eigenvalue weighted by molar-refractivity contribution is 0.395. The van der Waals surface area contributed by atoms with Crippen molar-refractivity contribution < 1.29 is 4.74 Å². The van der Waals surface area contributed by atoms with E-state index in [4.69, 9.17) is 4.74 Å². The van der Waals surface area contributed by atoms with Gasteiger partial charge in [0.15, 0.2) is 0 Å². The first-order valence-corrected chi connectivity index (χ1v) is 5.99. The van der Waals surface area contributed by atoms with Crippen LogP contribution in [-0.4, -0.2) is 23.6 Å². The lowest BCUT2D eigenvalue weighted by atomic mass is 10.2. The van der Waals surface area contributed by atoms with Gasteiger partial charge in [-0.15, -0.1) is 0 Å². The van der Waals surface area contributed by atoms with E-state index in [0.29, 0.717) is 5.88 Å². The molecule has 18 heavy (non-hydrogen) atoms. The Bertz CT molecular complexity index is 473. The molecule has 94 valence electrons. The molecule has 0 amide bonds. The summed E-state index contributed by atoms with van der Waals surface area (Å²) in [6.45, 7) is 1.62. The van der Waals surface area contributed by atoms with Gasteiger partial charge >= 0.3 is 0 Å². The maximum atomic E-state index is 5.08. The van der Waals surface area contributed by atoms with Crippen molar-refractivity contribution in [2.75, 3.05) is 13.7 Å². The monoisotopic (exact) mass is 243 g/mol. The Kier molecular flexibility index (Phi) is 4.67. The highest BCUT2D eigenvalue weighted by molar-refractivity contribution is 5.15. The average Bonchev–Trinajstić information content (AvgIpc) is 2.45. The Balaban J connectivity index is 1.75. The van der Waals surface area contributed by atoms with Crippen LogP contribution in [0.4, 0.5) is 0 Å². The molecule has 0 spiro atoms. The number of hydrogen-bond donors (Lipinski definition) is 1. The van der Waals surface area contributed by atoms with Crippen LogP contribution in [0.2, 0.25) is 0 Å². The zero-order chi connectivity index (χ0) is 12.6. The number of rotatable bonds is 6. The minimum Gasteiger partial charge on any atom is -0.481 e. The second kappa shape index (κ2) is 6.71. The second-order valence-electron chi connectivity index (χ2n) is 3.92. The van der Waals surface area contributed by atoms with E-state index in [9.17, 15) is 0 Å². The molecule has 0 bridgehead atoms. The van der Waals surface area contributed by atoms with Crippen molar-refractivity contribution in [2.24, 2.45) is 0 Å². The minimum atomic E-state index is 0.652. The maximum Gasteiger partial charge on any atom is 0.213 e. The summed E-state index contributed by atoms with van der Waals surface area (Å²) in [4.78, 5) is 8.61. The summed E-state index contributed by atoms with van der Waals surface area (Å²) >= 11 is 0. The predicted octanol–water partition coefficient (Wildman–Crippen LogP) is 1.82. The normalized spacial score (nSPS) is 10.3. The predicted molar refractivity (Wildman–Crippen MR) is 70.4 cm³/mol. The first-order valence-electron chi connectivity index (χ1n) is 5.99. The molecule has 0 radical (unpaired) electrons. The maximum absolute atomic E-state index is 5.08. The molecule has 2 rings (SSSR count). The van der Waals surface area contributed by atoms with Crippen LogP contribution in [0.25, 0.3) is 0 Å². The fraction of sp³-hybridized carbons (Fsp3) is 0.286. The third-order valence-corrected chi connectivity index (χ3v) is 2.58. The van der Waals surface area contributed by atoms with Crippen LogP contribution in [0, 0.1) is 0 Å². The highest BCUT2D eigenvalue weighted by atomic mass is 16.5. The molecule has 0 saturated carbocycles. The molecular weight excluding hydrogens is 226 g/mol. The van der Waals surface area contributed by atoms with Crippen molar-refractivity contribution >= 4 is 0 Å². The zero-order valence-corrected chi connectivity index (χ0v) is 10.5. The summed E-state index contributed by atoms with van der Waals surface area (Å²) in [5.74, 6) is 0.652. The largest absolute Gasteiger partial charge is 0.481 e. The molecule has 0 atom stereocenters. The molecule has 4 nitrogen and oxygen atoms in total. The summed E-state index contributed by atoms with van der Waals surface area (Å²) in [7, 11) is 1.63. The van der Waals surface area contributed by atoms with Gasteiger partial charge in [0.1, 0.15) is 0 Å². The fourth-order valence-electron chi connectivity index (χ4n) is 1.65. The van der Waals surface area contributed by atoms with Gasteiger partial charge in [0, 0.05) is 37.5 Å². The first kappa shape index (κ1) is 12.5. The average molecular weight is 243 g/mol. The third-order valence-electron chi connectivity index (χ3n) is 2.58. The highest BCUT2D eigenvalue weighted by Gasteiger charge is 1.97. The fourth-order valence-corrected chi connectivity index (χ4v) is 1.65. The van der Waals surface area contributed by atoms with Gasteiger partial charge in [-0.1, -0.05) is 12.1 Å². The van der Waals surface area contributed by atoms with E-state index >= 15 is 0 Å². The van der Waals surface area contributed by atoms with Crippen molar-refractivity contribution in [2.45, 2.75) is 13.0 Å². The van der Waals surface area contributed by atoms with Crippen LogP contribution in [0.3, 0.4) is 0 Å². The third kappa shape index (κ3) is 3.82. The molecule has 0 aliphatic heterocycles. The van der Waals surface area contributed by atoms with Gasteiger partial charge < -0.3 is 10.1 Å². The van der Waals surface area contributed by atoms with Crippen molar-refractivity contribution in [3.8, 4) is 5.88 Å². The van der Waals surface area contributed by atoms with Gasteiger partial charge in [-0.05, 0) is 18.2 Å². The molecule has 4 heteroatoms. The molecule has 0 saturated heterocycles. The van der Waals surface area contributed by atoms with E-state index in [2.05, 4.69) is 15.3 Å². The Morgan fingerprint density at radius 1 is 1.11 bits per heavy atom. The lowest BCUT2D eigenvalue weighted by Crippen LogP contribution is -2.17. The number of aromatic nitrogens is 2. The molecule has 1 N–H and O–H groups in total. The lowest BCUT2D eigenvalue weighted by Gasteiger charge is -2.05. The Morgan fingerprint density at radius 2 is 2.00 bits per heavy atom. The number of nitrogens with one attached hydrogen (secondary N) is 1. The van der Waals surface area contributed by atoms with Gasteiger partial charge in [0.2, 0.25) is 5.88 Å². The Hall–Kier alpha value is -1.94. The van der Waals surface area contributed by atoms with Crippen molar-refractivity contribution in [1.82, 2.24) is 15.3 Å². The van der Waals surface area contributed by atoms with Gasteiger partial charge in [0.05, 0.1) is 12.8 Å². The van der Waals surface area contributed by atoms with Crippen LogP contribution >= 0.6 is 0 Å². The van der Waals surface area contributed by atoms with Crippen LogP contribution in [0.5, 0.6) is 5.88 Å². The first-order chi connectivity index (χ1) is 8.88. The molecule has 0 fully saturated rings. The van der Waals surface area contributed by atoms with Crippen molar-refractivity contribution in [1.29, 1.82) is 0 Å². The van der Waals surface area contributed by atoms with E-state index in [-0.39, 0.29) is 0 Å². The summed E-state index contributed by atoms with van der Waals surface area (Å²) in [5, 5.41) is 3.34. The summed E-state index contributed by atoms with van der Waals surface area (Å²) in [6.07, 6.45) is 2.74. The van der Waals surface area contributed by atoms with E-state index in [1.807, 2.05) is 42.6 Å². The van der Waals surface area contributed by atoms with E-state index in [1.165, 1.54) is 0 Å². The Labute approximate surface area is 107 Å². The van der Waals surface area contributed by atoms with Crippen LogP contribution in [0.15, 0.2) is 42.6 Å². The van der Waals surface area contributed by atoms with Crippen LogP contribution < -0.4 is 10.1 Å². The molecule has 2 aromatic heterocycles. The minimum absolute atomic E-state index is 0.652. The van der Waals surface area contributed by atoms with Crippen molar-refractivity contribution in [3.63, 3.8) is 0 Å². The standard InChI is InChI=1S/C14H17N3O/c1-18-14-7-4-6-13(17-14)11-15-10-8-12-5-2-3-9-16-12/h2-7,9,15H,8,10-11H2,1H3. The molecular formula is C14H17N3O. The SMILES string of the molecule is COc1cccc(CNCCc2ccccn2)n1. The summed E-state index contributed by atoms with van der Waals surface area (Å²) in [6, 6.07) is 11.7. The van der Waals surface area contributed by atoms with Gasteiger partial charge in [-0.25, -0.2) is 4.98 Å². The zero-order valence-electron chi connectivity index (χ0n) is 10.5. The van der Waals surface area contributed by atoms with E-state index < -0.39 is 0 Å². The van der Waals surface area contributed by atoms with Crippen molar-refractivity contribution in [3.05, 3.63) is 54.0 Å². The topological polar surface area (TPSA) is 47.0 Å². The van der Waals surface area contributed by atoms with Gasteiger partial charge in [-0.2, -0.15) is 0 Å². The van der Waals surface area contributed by atoms with Crippen LogP contribution in [-0.2, 0) is 13.0 Å². The van der Waals surface area contributed by atoms with Gasteiger partial charge in [-0.3, -0.25) is 4.98 Å². The summed E-state index contributed by atoms with van der Waals surface area (Å²) in [5.41, 5.74) is 2.08. The number of methoxy groups -OCH3 is 1. The van der Waals surface area contributed by atoms with Gasteiger partial charge in [0.25, 0.3) is 0 Å². The van der Waals surface area contributed by atoms with E-state index in [1.54, 1.807) is 7.11 Å². The molecule has 2 heterocycles. The number of nitrogens with zero attached hydrogens (tertiary/aromatic N) is 2. The smallest absolute Gasteiger partial charge is 0.213 e. The number of hydrogen-bond acceptors (Lipinski definition) is 4. The molecule has 2 aromatic rings. The molecule has 0 aromatic carbocycles. The van der Waals surface area contributed by atoms with Crippen LogP contribution in [0.1, 0.15) is 11.4 Å². The quantitative estimate of drug-likeness (QED) is 0.786. The van der Waals surface area contributed by atoms with E-state index in [0.717, 1.165) is 30.9 Å². The molecule has 0 aliphatic carbocycles. The molecule has 0 unspecified atom stereocenters. The second-order valence-corrected chi connectivity index (χ2v) is 3.92. The number of pyridine rings is 2. The summed E-state index contributed by atoms with van der Waals surface area (Å²) < 4.78 is 5.08. The number of ether oxygens (including phenoxy) is 1. The Morgan fingerprint density at radius 3 is 2.78 bits per heavy atom. The molecule has 0 aliphatic rings. The highest BCUT2D eigenvalue weighted by Crippen LogP contribution is 2.06.